The smallest absolute Gasteiger partial charge is 0.131 e. The molecule has 21 heavy (non-hydrogen) atoms. The first-order valence-corrected chi connectivity index (χ1v) is 7.41. The van der Waals surface area contributed by atoms with E-state index in [9.17, 15) is 4.39 Å². The maximum Gasteiger partial charge on any atom is 0.131 e. The van der Waals surface area contributed by atoms with Crippen LogP contribution in [-0.2, 0) is 4.74 Å². The van der Waals surface area contributed by atoms with E-state index in [1.165, 1.54) is 6.07 Å². The molecular weight excluding hydrogens is 269 g/mol. The minimum atomic E-state index is -0.302. The first-order valence-electron chi connectivity index (χ1n) is 7.41. The van der Waals surface area contributed by atoms with Crippen LogP contribution in [0.2, 0.25) is 0 Å². The van der Waals surface area contributed by atoms with E-state index in [4.69, 9.17) is 9.47 Å². The third kappa shape index (κ3) is 3.22. The van der Waals surface area contributed by atoms with Gasteiger partial charge in [-0.05, 0) is 47.2 Å². The van der Waals surface area contributed by atoms with Crippen molar-refractivity contribution in [2.75, 3.05) is 14.2 Å². The second kappa shape index (κ2) is 5.58. The fourth-order valence-corrected chi connectivity index (χ4v) is 3.58. The Bertz CT molecular complexity index is 514. The van der Waals surface area contributed by atoms with Crippen molar-refractivity contribution >= 4 is 0 Å². The molecule has 0 amide bonds. The molecule has 1 fully saturated rings. The van der Waals surface area contributed by atoms with E-state index >= 15 is 0 Å². The summed E-state index contributed by atoms with van der Waals surface area (Å²) in [5.41, 5.74) is 0.174. The van der Waals surface area contributed by atoms with E-state index in [2.05, 4.69) is 33.0 Å². The lowest BCUT2D eigenvalue weighted by atomic mass is 9.79. The molecule has 0 saturated carbocycles. The summed E-state index contributed by atoms with van der Waals surface area (Å²) in [6, 6.07) is 4.95. The number of benzene rings is 1. The summed E-state index contributed by atoms with van der Waals surface area (Å²) >= 11 is 0. The van der Waals surface area contributed by atoms with E-state index in [0.29, 0.717) is 11.3 Å². The zero-order chi connectivity index (χ0) is 15.8. The van der Waals surface area contributed by atoms with E-state index < -0.39 is 0 Å². The van der Waals surface area contributed by atoms with Crippen molar-refractivity contribution in [2.24, 2.45) is 5.92 Å². The molecule has 2 rings (SSSR count). The molecule has 1 aliphatic heterocycles. The molecule has 118 valence electrons. The van der Waals surface area contributed by atoms with Gasteiger partial charge in [0.2, 0.25) is 0 Å². The number of hydrogen-bond donors (Lipinski definition) is 1. The molecule has 1 aromatic rings. The quantitative estimate of drug-likeness (QED) is 0.919. The first kappa shape index (κ1) is 16.2. The lowest BCUT2D eigenvalue weighted by Gasteiger charge is -2.33. The molecule has 0 radical (unpaired) electrons. The molecule has 1 aromatic carbocycles. The standard InChI is InChI=1S/C17H26FNO2/c1-16(2)10-13(17(3,4)21-16)15(19-5)12-8-7-11(20-6)9-14(12)18/h7-9,13,15,19H,10H2,1-6H3. The average Bonchev–Trinajstić information content (AvgIpc) is 2.60. The van der Waals surface area contributed by atoms with Gasteiger partial charge >= 0.3 is 0 Å². The summed E-state index contributed by atoms with van der Waals surface area (Å²) in [6.07, 6.45) is 0.886. The van der Waals surface area contributed by atoms with Crippen molar-refractivity contribution in [3.63, 3.8) is 0 Å². The normalized spacial score (nSPS) is 24.8. The summed E-state index contributed by atoms with van der Waals surface area (Å²) in [5, 5.41) is 3.27. The van der Waals surface area contributed by atoms with Gasteiger partial charge in [0.1, 0.15) is 11.6 Å². The second-order valence-corrected chi connectivity index (χ2v) is 6.93. The fraction of sp³-hybridized carbons (Fsp3) is 0.647. The van der Waals surface area contributed by atoms with Gasteiger partial charge in [-0.1, -0.05) is 6.07 Å². The van der Waals surface area contributed by atoms with Crippen LogP contribution in [0.25, 0.3) is 0 Å². The van der Waals surface area contributed by atoms with E-state index in [-0.39, 0.29) is 29.0 Å². The molecule has 0 bridgehead atoms. The molecule has 0 spiro atoms. The van der Waals surface area contributed by atoms with Crippen LogP contribution in [0.5, 0.6) is 5.75 Å². The number of hydrogen-bond acceptors (Lipinski definition) is 3. The summed E-state index contributed by atoms with van der Waals surface area (Å²) in [5.74, 6) is 0.489. The molecule has 1 heterocycles. The van der Waals surface area contributed by atoms with Crippen LogP contribution in [0.15, 0.2) is 18.2 Å². The van der Waals surface area contributed by atoms with E-state index in [1.54, 1.807) is 19.2 Å². The first-order chi connectivity index (χ1) is 9.70. The lowest BCUT2D eigenvalue weighted by molar-refractivity contribution is -0.0777. The highest BCUT2D eigenvalue weighted by Gasteiger charge is 2.49. The molecule has 1 aliphatic rings. The lowest BCUT2D eigenvalue weighted by Crippen LogP contribution is -2.37. The van der Waals surface area contributed by atoms with E-state index in [0.717, 1.165) is 6.42 Å². The highest BCUT2D eigenvalue weighted by Crippen LogP contribution is 2.48. The topological polar surface area (TPSA) is 30.5 Å². The van der Waals surface area contributed by atoms with Gasteiger partial charge in [-0.2, -0.15) is 0 Å². The van der Waals surface area contributed by atoms with Gasteiger partial charge < -0.3 is 14.8 Å². The van der Waals surface area contributed by atoms with Gasteiger partial charge in [0.15, 0.2) is 0 Å². The van der Waals surface area contributed by atoms with Crippen molar-refractivity contribution in [3.8, 4) is 5.75 Å². The highest BCUT2D eigenvalue weighted by atomic mass is 19.1. The largest absolute Gasteiger partial charge is 0.497 e. The van der Waals surface area contributed by atoms with Gasteiger partial charge in [0.05, 0.1) is 18.3 Å². The SMILES string of the molecule is CNC(c1ccc(OC)cc1F)C1CC(C)(C)OC1(C)C. The maximum atomic E-state index is 14.4. The van der Waals surface area contributed by atoms with Crippen LogP contribution < -0.4 is 10.1 Å². The molecule has 1 N–H and O–H groups in total. The number of ether oxygens (including phenoxy) is 2. The number of halogens is 1. The number of rotatable bonds is 4. The van der Waals surface area contributed by atoms with Crippen LogP contribution >= 0.6 is 0 Å². The van der Waals surface area contributed by atoms with Crippen LogP contribution in [-0.4, -0.2) is 25.4 Å². The third-order valence-corrected chi connectivity index (χ3v) is 4.40. The van der Waals surface area contributed by atoms with E-state index in [1.807, 2.05) is 7.05 Å². The van der Waals surface area contributed by atoms with Crippen LogP contribution in [0.3, 0.4) is 0 Å². The Morgan fingerprint density at radius 1 is 1.33 bits per heavy atom. The Hall–Kier alpha value is -1.13. The second-order valence-electron chi connectivity index (χ2n) is 6.93. The highest BCUT2D eigenvalue weighted by molar-refractivity contribution is 5.32. The minimum absolute atomic E-state index is 0.0901. The third-order valence-electron chi connectivity index (χ3n) is 4.40. The van der Waals surface area contributed by atoms with Gasteiger partial charge in [0, 0.05) is 23.6 Å². The molecule has 3 nitrogen and oxygen atoms in total. The van der Waals surface area contributed by atoms with Gasteiger partial charge in [-0.25, -0.2) is 4.39 Å². The predicted octanol–water partition coefficient (Wildman–Crippen LogP) is 3.69. The van der Waals surface area contributed by atoms with Gasteiger partial charge in [-0.3, -0.25) is 0 Å². The van der Waals surface area contributed by atoms with Crippen molar-refractivity contribution < 1.29 is 13.9 Å². The number of methoxy groups -OCH3 is 1. The average molecular weight is 295 g/mol. The van der Waals surface area contributed by atoms with Gasteiger partial charge in [0.25, 0.3) is 0 Å². The van der Waals surface area contributed by atoms with Crippen molar-refractivity contribution in [1.29, 1.82) is 0 Å². The monoisotopic (exact) mass is 295 g/mol. The van der Waals surface area contributed by atoms with Crippen molar-refractivity contribution in [1.82, 2.24) is 5.32 Å². The van der Waals surface area contributed by atoms with Gasteiger partial charge in [-0.15, -0.1) is 0 Å². The maximum absolute atomic E-state index is 14.4. The summed E-state index contributed by atoms with van der Waals surface area (Å²) in [4.78, 5) is 0. The zero-order valence-electron chi connectivity index (χ0n) is 13.8. The Morgan fingerprint density at radius 3 is 2.43 bits per heavy atom. The Balaban J connectivity index is 2.36. The summed E-state index contributed by atoms with van der Waals surface area (Å²) < 4.78 is 25.6. The molecule has 0 aromatic heterocycles. The van der Waals surface area contributed by atoms with Crippen LogP contribution in [0, 0.1) is 11.7 Å². The minimum Gasteiger partial charge on any atom is -0.497 e. The fourth-order valence-electron chi connectivity index (χ4n) is 3.58. The molecule has 0 aliphatic carbocycles. The van der Waals surface area contributed by atoms with Crippen molar-refractivity contribution in [3.05, 3.63) is 29.6 Å². The van der Waals surface area contributed by atoms with Crippen molar-refractivity contribution in [2.45, 2.75) is 51.4 Å². The van der Waals surface area contributed by atoms with Crippen LogP contribution in [0.4, 0.5) is 4.39 Å². The zero-order valence-corrected chi connectivity index (χ0v) is 13.8. The Labute approximate surface area is 126 Å². The molecule has 2 atom stereocenters. The Kier molecular flexibility index (Phi) is 4.31. The Morgan fingerprint density at radius 2 is 2.00 bits per heavy atom. The molecule has 2 unspecified atom stereocenters. The molecule has 1 saturated heterocycles. The predicted molar refractivity (Wildman–Crippen MR) is 82.1 cm³/mol. The molecule has 4 heteroatoms. The summed E-state index contributed by atoms with van der Waals surface area (Å²) in [7, 11) is 3.41. The summed E-state index contributed by atoms with van der Waals surface area (Å²) in [6.45, 7) is 8.34. The van der Waals surface area contributed by atoms with Crippen LogP contribution in [0.1, 0.15) is 45.7 Å². The number of nitrogens with one attached hydrogen (secondary N) is 1. The molecular formula is C17H26FNO2.